The molecule has 0 radical (unpaired) electrons. The minimum absolute atomic E-state index is 0.188. The monoisotopic (exact) mass is 249 g/mol. The molecule has 88 valence electrons. The van der Waals surface area contributed by atoms with Crippen LogP contribution in [0.25, 0.3) is 0 Å². The largest absolute Gasteiger partial charge is 0.692 e. The first-order chi connectivity index (χ1) is 5.73. The van der Waals surface area contributed by atoms with Crippen molar-refractivity contribution in [3.05, 3.63) is 0 Å². The molecule has 0 amide bonds. The Bertz CT molecular complexity index is 124. The Morgan fingerprint density at radius 3 is 0.857 bits per heavy atom. The summed E-state index contributed by atoms with van der Waals surface area (Å²) in [7, 11) is -2.87. The minimum Gasteiger partial charge on any atom is -0.172 e. The third kappa shape index (κ3) is 8150. The Labute approximate surface area is 76.3 Å². The van der Waals surface area contributed by atoms with Crippen molar-refractivity contribution in [2.75, 3.05) is 0 Å². The van der Waals surface area contributed by atoms with Crippen molar-refractivity contribution in [2.45, 2.75) is 26.2 Å². The second-order valence-electron chi connectivity index (χ2n) is 1.82. The number of alkyl halides is 6. The van der Waals surface area contributed by atoms with Crippen LogP contribution >= 0.6 is 8.25 Å². The van der Waals surface area contributed by atoms with E-state index in [-0.39, 0.29) is 13.8 Å². The van der Waals surface area contributed by atoms with E-state index in [2.05, 4.69) is 0 Å². The predicted octanol–water partition coefficient (Wildman–Crippen LogP) is 2.77. The summed E-state index contributed by atoms with van der Waals surface area (Å²) in [5.41, 5.74) is 0. The highest BCUT2D eigenvalue weighted by molar-refractivity contribution is 7.30. The average molecular weight is 249 g/mol. The number of rotatable bonds is 0. The maximum Gasteiger partial charge on any atom is 0.692 e. The van der Waals surface area contributed by atoms with Crippen LogP contribution in [-0.2, 0) is 4.57 Å². The average Bonchev–Trinajstić information content (AvgIpc) is 1.45. The van der Waals surface area contributed by atoms with Crippen LogP contribution < -0.4 is 0 Å². The molecule has 0 aliphatic rings. The third-order valence-electron chi connectivity index (χ3n) is 0. The zero-order valence-electron chi connectivity index (χ0n) is 7.02. The molecule has 0 heterocycles. The SMILES string of the molecule is CC(F)(F)F.CC(F)(F)F.O=[P+](O)O. The van der Waals surface area contributed by atoms with Crippen LogP contribution in [0, 0.1) is 0 Å². The summed E-state index contributed by atoms with van der Waals surface area (Å²) in [4.78, 5) is 14.2. The molecule has 0 saturated heterocycles. The van der Waals surface area contributed by atoms with Gasteiger partial charge in [0.05, 0.1) is 0 Å². The van der Waals surface area contributed by atoms with Gasteiger partial charge in [0.15, 0.2) is 0 Å². The maximum absolute atomic E-state index is 10.4. The summed E-state index contributed by atoms with van der Waals surface area (Å²) >= 11 is 0. The van der Waals surface area contributed by atoms with Crippen LogP contribution in [0.5, 0.6) is 0 Å². The fraction of sp³-hybridized carbons (Fsp3) is 1.00. The van der Waals surface area contributed by atoms with Crippen molar-refractivity contribution < 1.29 is 40.7 Å². The van der Waals surface area contributed by atoms with E-state index >= 15 is 0 Å². The lowest BCUT2D eigenvalue weighted by atomic mass is 10.8. The van der Waals surface area contributed by atoms with Gasteiger partial charge in [-0.2, -0.15) is 26.3 Å². The molecule has 0 rings (SSSR count). The molecule has 10 heteroatoms. The molecule has 0 aromatic rings. The molecule has 0 bridgehead atoms. The van der Waals surface area contributed by atoms with Crippen LogP contribution in [0.2, 0.25) is 0 Å². The summed E-state index contributed by atoms with van der Waals surface area (Å²) < 4.78 is 70.8. The fourth-order valence-electron chi connectivity index (χ4n) is 0. The van der Waals surface area contributed by atoms with Gasteiger partial charge in [-0.15, -0.1) is 9.79 Å². The van der Waals surface area contributed by atoms with E-state index in [0.29, 0.717) is 0 Å². The summed E-state index contributed by atoms with van der Waals surface area (Å²) in [5.74, 6) is 0. The van der Waals surface area contributed by atoms with E-state index in [1.54, 1.807) is 0 Å². The highest BCUT2D eigenvalue weighted by Gasteiger charge is 2.16. The second-order valence-corrected chi connectivity index (χ2v) is 2.32. The lowest BCUT2D eigenvalue weighted by molar-refractivity contribution is -0.111. The third-order valence-corrected chi connectivity index (χ3v) is 0. The Hall–Kier alpha value is -0.400. The molecule has 0 aromatic carbocycles. The molecule has 0 fully saturated rings. The number of hydrogen-bond donors (Lipinski definition) is 2. The molecule has 0 saturated carbocycles. The quantitative estimate of drug-likeness (QED) is 0.512. The van der Waals surface area contributed by atoms with Gasteiger partial charge in [0.25, 0.3) is 0 Å². The predicted molar refractivity (Wildman–Crippen MR) is 35.5 cm³/mol. The van der Waals surface area contributed by atoms with Gasteiger partial charge >= 0.3 is 20.6 Å². The number of hydrogen-bond acceptors (Lipinski definition) is 1. The van der Waals surface area contributed by atoms with Crippen LogP contribution in [-0.4, -0.2) is 22.1 Å². The van der Waals surface area contributed by atoms with Crippen LogP contribution in [0.15, 0.2) is 0 Å². The van der Waals surface area contributed by atoms with E-state index in [0.717, 1.165) is 0 Å². The fourth-order valence-corrected chi connectivity index (χ4v) is 0. The van der Waals surface area contributed by atoms with E-state index in [1.165, 1.54) is 0 Å². The van der Waals surface area contributed by atoms with Crippen molar-refractivity contribution in [1.82, 2.24) is 0 Å². The van der Waals surface area contributed by atoms with Gasteiger partial charge in [-0.25, -0.2) is 0 Å². The van der Waals surface area contributed by atoms with Crippen molar-refractivity contribution in [2.24, 2.45) is 0 Å². The normalized spacial score (nSPS) is 10.4. The summed E-state index contributed by atoms with van der Waals surface area (Å²) in [6.07, 6.45) is -8.00. The lowest BCUT2D eigenvalue weighted by Gasteiger charge is -1.88. The molecule has 0 spiro atoms. The minimum atomic E-state index is -4.00. The van der Waals surface area contributed by atoms with Gasteiger partial charge in [-0.1, -0.05) is 0 Å². The van der Waals surface area contributed by atoms with Crippen LogP contribution in [0.3, 0.4) is 0 Å². The van der Waals surface area contributed by atoms with Crippen molar-refractivity contribution in [1.29, 1.82) is 0 Å². The standard InChI is InChI=1S/2C2H3F3.HO3P/c2*1-2(3,4)5;1-4(2)3/h2*1H3;(H-,1,2,3)/p+1. The van der Waals surface area contributed by atoms with Crippen molar-refractivity contribution in [3.8, 4) is 0 Å². The second kappa shape index (κ2) is 7.95. The highest BCUT2D eigenvalue weighted by Crippen LogP contribution is 2.10. The molecule has 0 aliphatic carbocycles. The first kappa shape index (κ1) is 19.2. The molecular weight excluding hydrogens is 241 g/mol. The van der Waals surface area contributed by atoms with Crippen molar-refractivity contribution in [3.63, 3.8) is 0 Å². The molecule has 2 N–H and O–H groups in total. The lowest BCUT2D eigenvalue weighted by Crippen LogP contribution is -1.95. The van der Waals surface area contributed by atoms with Crippen molar-refractivity contribution >= 4 is 8.25 Å². The highest BCUT2D eigenvalue weighted by atomic mass is 31.1. The van der Waals surface area contributed by atoms with E-state index in [1.807, 2.05) is 0 Å². The first-order valence-corrected chi connectivity index (χ1v) is 3.88. The maximum atomic E-state index is 10.4. The van der Waals surface area contributed by atoms with E-state index in [4.69, 9.17) is 14.4 Å². The van der Waals surface area contributed by atoms with Crippen LogP contribution in [0.4, 0.5) is 26.3 Å². The molecule has 14 heavy (non-hydrogen) atoms. The van der Waals surface area contributed by atoms with E-state index < -0.39 is 20.6 Å². The molecule has 3 nitrogen and oxygen atoms in total. The topological polar surface area (TPSA) is 57.5 Å². The van der Waals surface area contributed by atoms with Gasteiger partial charge in [0.2, 0.25) is 0 Å². The Kier molecular flexibility index (Phi) is 10.9. The summed E-state index contributed by atoms with van der Waals surface area (Å²) in [5, 5.41) is 0. The summed E-state index contributed by atoms with van der Waals surface area (Å²) in [6, 6.07) is 0. The zero-order chi connectivity index (χ0) is 12.6. The van der Waals surface area contributed by atoms with Gasteiger partial charge < -0.3 is 0 Å². The Balaban J connectivity index is -0.000000131. The summed E-state index contributed by atoms with van der Waals surface area (Å²) in [6.45, 7) is 0.375. The molecule has 0 unspecified atom stereocenters. The zero-order valence-corrected chi connectivity index (χ0v) is 7.91. The van der Waals surface area contributed by atoms with E-state index in [9.17, 15) is 26.3 Å². The molecule has 0 aromatic heterocycles. The van der Waals surface area contributed by atoms with Gasteiger partial charge in [-0.05, 0) is 0 Å². The smallest absolute Gasteiger partial charge is 0.172 e. The molecule has 0 atom stereocenters. The number of halogens is 6. The Morgan fingerprint density at radius 2 is 0.857 bits per heavy atom. The molecular formula is C4H8F6O3P+. The van der Waals surface area contributed by atoms with Gasteiger partial charge in [0.1, 0.15) is 0 Å². The van der Waals surface area contributed by atoms with Gasteiger partial charge in [-0.3, -0.25) is 0 Å². The Morgan fingerprint density at radius 1 is 0.857 bits per heavy atom. The first-order valence-electron chi connectivity index (χ1n) is 2.72. The van der Waals surface area contributed by atoms with Gasteiger partial charge in [0, 0.05) is 18.4 Å². The van der Waals surface area contributed by atoms with Crippen LogP contribution in [0.1, 0.15) is 13.8 Å². The molecule has 0 aliphatic heterocycles.